The van der Waals surface area contributed by atoms with E-state index in [1.165, 1.54) is 0 Å². The molecule has 2 aromatic rings. The summed E-state index contributed by atoms with van der Waals surface area (Å²) in [6, 6.07) is 16.0. The van der Waals surface area contributed by atoms with Gasteiger partial charge in [-0.25, -0.2) is 0 Å². The van der Waals surface area contributed by atoms with Crippen LogP contribution in [0.1, 0.15) is 36.7 Å². The van der Waals surface area contributed by atoms with Crippen LogP contribution < -0.4 is 20.9 Å². The van der Waals surface area contributed by atoms with Crippen LogP contribution in [-0.4, -0.2) is 30.9 Å². The van der Waals surface area contributed by atoms with Gasteiger partial charge in [0, 0.05) is 5.56 Å². The summed E-state index contributed by atoms with van der Waals surface area (Å²) in [7, 11) is 0. The molecule has 0 saturated carbocycles. The van der Waals surface area contributed by atoms with Crippen LogP contribution in [0, 0.1) is 0 Å². The Kier molecular flexibility index (Phi) is 7.14. The minimum Gasteiger partial charge on any atom is -0.484 e. The van der Waals surface area contributed by atoms with Crippen molar-refractivity contribution in [3.63, 3.8) is 0 Å². The first-order valence-corrected chi connectivity index (χ1v) is 8.90. The molecule has 0 spiro atoms. The first-order chi connectivity index (χ1) is 13.3. The Labute approximate surface area is 164 Å². The lowest BCUT2D eigenvalue weighted by molar-refractivity contribution is -0.129. The second-order valence-corrected chi connectivity index (χ2v) is 7.21. The number of carbonyl (C=O) groups is 3. The zero-order valence-electron chi connectivity index (χ0n) is 16.2. The largest absolute Gasteiger partial charge is 0.484 e. The van der Waals surface area contributed by atoms with Gasteiger partial charge in [0.2, 0.25) is 0 Å². The molecule has 0 bridgehead atoms. The first kappa shape index (κ1) is 21.0. The minimum absolute atomic E-state index is 0.0378. The molecule has 0 aliphatic heterocycles. The molecular formula is C21H25N3O4. The first-order valence-electron chi connectivity index (χ1n) is 8.90. The lowest BCUT2D eigenvalue weighted by Crippen LogP contribution is -2.47. The third kappa shape index (κ3) is 6.75. The van der Waals surface area contributed by atoms with Crippen LogP contribution in [0.15, 0.2) is 54.6 Å². The standard InChI is InChI=1S/C21H25N3O4/c1-21(2,3)16-9-11-17(12-10-16)28-14-19(26)24-23-18(25)13-22-20(27)15-7-5-4-6-8-15/h4-12H,13-14H2,1-3H3,(H,22,27)(H,23,25)(H,24,26). The van der Waals surface area contributed by atoms with Crippen molar-refractivity contribution in [1.82, 2.24) is 16.2 Å². The number of carbonyl (C=O) groups excluding carboxylic acids is 3. The number of rotatable bonds is 6. The molecule has 2 rings (SSSR count). The van der Waals surface area contributed by atoms with Gasteiger partial charge in [-0.3, -0.25) is 25.2 Å². The molecule has 3 N–H and O–H groups in total. The highest BCUT2D eigenvalue weighted by Crippen LogP contribution is 2.24. The van der Waals surface area contributed by atoms with Crippen molar-refractivity contribution in [1.29, 1.82) is 0 Å². The molecule has 0 unspecified atom stereocenters. The Bertz CT molecular complexity index is 812. The van der Waals surface area contributed by atoms with Gasteiger partial charge in [-0.1, -0.05) is 51.1 Å². The molecule has 0 atom stereocenters. The Hall–Kier alpha value is -3.35. The lowest BCUT2D eigenvalue weighted by Gasteiger charge is -2.19. The Balaban J connectivity index is 1.67. The van der Waals surface area contributed by atoms with Gasteiger partial charge >= 0.3 is 0 Å². The van der Waals surface area contributed by atoms with Crippen molar-refractivity contribution in [2.45, 2.75) is 26.2 Å². The zero-order valence-corrected chi connectivity index (χ0v) is 16.2. The van der Waals surface area contributed by atoms with E-state index in [0.717, 1.165) is 5.56 Å². The van der Waals surface area contributed by atoms with Crippen molar-refractivity contribution in [3.05, 3.63) is 65.7 Å². The van der Waals surface area contributed by atoms with Gasteiger partial charge < -0.3 is 10.1 Å². The minimum atomic E-state index is -0.549. The summed E-state index contributed by atoms with van der Waals surface area (Å²) >= 11 is 0. The Morgan fingerprint density at radius 2 is 1.46 bits per heavy atom. The van der Waals surface area contributed by atoms with Gasteiger partial charge in [0.1, 0.15) is 5.75 Å². The van der Waals surface area contributed by atoms with E-state index in [1.807, 2.05) is 12.1 Å². The van der Waals surface area contributed by atoms with E-state index < -0.39 is 11.8 Å². The van der Waals surface area contributed by atoms with Crippen molar-refractivity contribution in [3.8, 4) is 5.75 Å². The predicted molar refractivity (Wildman–Crippen MR) is 106 cm³/mol. The van der Waals surface area contributed by atoms with E-state index >= 15 is 0 Å². The van der Waals surface area contributed by atoms with Crippen molar-refractivity contribution in [2.24, 2.45) is 0 Å². The van der Waals surface area contributed by atoms with E-state index in [9.17, 15) is 14.4 Å². The van der Waals surface area contributed by atoms with Crippen LogP contribution in [-0.2, 0) is 15.0 Å². The number of hydrogen-bond donors (Lipinski definition) is 3. The van der Waals surface area contributed by atoms with Gasteiger partial charge in [-0.05, 0) is 35.2 Å². The number of amides is 3. The average molecular weight is 383 g/mol. The summed E-state index contributed by atoms with van der Waals surface area (Å²) in [5, 5.41) is 2.46. The number of ether oxygens (including phenoxy) is 1. The topological polar surface area (TPSA) is 96.5 Å². The molecule has 0 aliphatic carbocycles. The lowest BCUT2D eigenvalue weighted by atomic mass is 9.87. The van der Waals surface area contributed by atoms with Gasteiger partial charge in [0.15, 0.2) is 6.61 Å². The molecule has 7 heteroatoms. The van der Waals surface area contributed by atoms with E-state index in [2.05, 4.69) is 36.9 Å². The molecule has 0 saturated heterocycles. The summed E-state index contributed by atoms with van der Waals surface area (Å²) in [5.41, 5.74) is 6.11. The highest BCUT2D eigenvalue weighted by Gasteiger charge is 2.13. The highest BCUT2D eigenvalue weighted by molar-refractivity contribution is 5.96. The van der Waals surface area contributed by atoms with Crippen LogP contribution >= 0.6 is 0 Å². The fourth-order valence-corrected chi connectivity index (χ4v) is 2.27. The van der Waals surface area contributed by atoms with Gasteiger partial charge in [-0.2, -0.15) is 0 Å². The van der Waals surface area contributed by atoms with Crippen LogP contribution in [0.4, 0.5) is 0 Å². The van der Waals surface area contributed by atoms with Crippen molar-refractivity contribution in [2.75, 3.05) is 13.2 Å². The third-order valence-electron chi connectivity index (χ3n) is 3.88. The third-order valence-corrected chi connectivity index (χ3v) is 3.88. The Morgan fingerprint density at radius 3 is 2.07 bits per heavy atom. The normalized spacial score (nSPS) is 10.7. The molecule has 0 heterocycles. The SMILES string of the molecule is CC(C)(C)c1ccc(OCC(=O)NNC(=O)CNC(=O)c2ccccc2)cc1. The smallest absolute Gasteiger partial charge is 0.276 e. The number of nitrogens with one attached hydrogen (secondary N) is 3. The quantitative estimate of drug-likeness (QED) is 0.664. The van der Waals surface area contributed by atoms with Crippen LogP contribution in [0.5, 0.6) is 5.75 Å². The van der Waals surface area contributed by atoms with Crippen LogP contribution in [0.3, 0.4) is 0 Å². The summed E-state index contributed by atoms with van der Waals surface area (Å²) < 4.78 is 5.39. The van der Waals surface area contributed by atoms with Gasteiger partial charge in [0.25, 0.3) is 17.7 Å². The van der Waals surface area contributed by atoms with Crippen LogP contribution in [0.2, 0.25) is 0 Å². The maximum Gasteiger partial charge on any atom is 0.276 e. The number of hydrogen-bond acceptors (Lipinski definition) is 4. The highest BCUT2D eigenvalue weighted by atomic mass is 16.5. The molecule has 0 radical (unpaired) electrons. The second kappa shape index (κ2) is 9.55. The van der Waals surface area contributed by atoms with Crippen molar-refractivity contribution >= 4 is 17.7 Å². The predicted octanol–water partition coefficient (Wildman–Crippen LogP) is 1.94. The summed E-state index contributed by atoms with van der Waals surface area (Å²) in [4.78, 5) is 35.3. The summed E-state index contributed by atoms with van der Waals surface area (Å²) in [6.07, 6.45) is 0. The monoisotopic (exact) mass is 383 g/mol. The fourth-order valence-electron chi connectivity index (χ4n) is 2.27. The summed E-state index contributed by atoms with van der Waals surface area (Å²) in [6.45, 7) is 5.83. The molecule has 3 amide bonds. The average Bonchev–Trinajstić information content (AvgIpc) is 2.69. The van der Waals surface area contributed by atoms with Crippen LogP contribution in [0.25, 0.3) is 0 Å². The Morgan fingerprint density at radius 1 is 0.857 bits per heavy atom. The second-order valence-electron chi connectivity index (χ2n) is 7.21. The number of benzene rings is 2. The number of hydrazine groups is 1. The summed E-state index contributed by atoms with van der Waals surface area (Å²) in [5.74, 6) is -0.872. The van der Waals surface area contributed by atoms with Crippen molar-refractivity contribution < 1.29 is 19.1 Å². The van der Waals surface area contributed by atoms with E-state index in [1.54, 1.807) is 42.5 Å². The fraction of sp³-hybridized carbons (Fsp3) is 0.286. The maximum atomic E-state index is 11.8. The molecule has 0 aliphatic rings. The van der Waals surface area contributed by atoms with E-state index in [0.29, 0.717) is 11.3 Å². The van der Waals surface area contributed by atoms with Gasteiger partial charge in [-0.15, -0.1) is 0 Å². The molecule has 148 valence electrons. The molecule has 0 fully saturated rings. The van der Waals surface area contributed by atoms with Gasteiger partial charge in [0.05, 0.1) is 6.54 Å². The van der Waals surface area contributed by atoms with E-state index in [4.69, 9.17) is 4.74 Å². The molecule has 0 aromatic heterocycles. The zero-order chi connectivity index (χ0) is 20.6. The maximum absolute atomic E-state index is 11.8. The molecule has 7 nitrogen and oxygen atoms in total. The molecule has 2 aromatic carbocycles. The molecule has 28 heavy (non-hydrogen) atoms. The molecular weight excluding hydrogens is 358 g/mol. The van der Waals surface area contributed by atoms with E-state index in [-0.39, 0.29) is 24.5 Å².